The van der Waals surface area contributed by atoms with Crippen LogP contribution < -0.4 is 5.32 Å². The highest BCUT2D eigenvalue weighted by molar-refractivity contribution is 7.98. The Morgan fingerprint density at radius 2 is 2.11 bits per heavy atom. The second kappa shape index (κ2) is 6.45. The lowest BCUT2D eigenvalue weighted by atomic mass is 9.62. The normalized spacial score (nSPS) is 27.3. The van der Waals surface area contributed by atoms with Crippen LogP contribution in [0.1, 0.15) is 31.7 Å². The van der Waals surface area contributed by atoms with Crippen molar-refractivity contribution < 1.29 is 0 Å². The molecule has 1 fully saturated rings. The molecule has 0 aromatic heterocycles. The number of nitrogens with one attached hydrogen (secondary N) is 1. The first-order valence-electron chi connectivity index (χ1n) is 6.96. The molecule has 19 heavy (non-hydrogen) atoms. The monoisotopic (exact) mass is 274 g/mol. The van der Waals surface area contributed by atoms with E-state index in [0.717, 1.165) is 25.0 Å². The third-order valence-corrected chi connectivity index (χ3v) is 4.80. The highest BCUT2D eigenvalue weighted by Crippen LogP contribution is 2.43. The van der Waals surface area contributed by atoms with Crippen molar-refractivity contribution in [3.63, 3.8) is 0 Å². The lowest BCUT2D eigenvalue weighted by Crippen LogP contribution is -2.54. The van der Waals surface area contributed by atoms with Gasteiger partial charge in [0.25, 0.3) is 0 Å². The van der Waals surface area contributed by atoms with Gasteiger partial charge in [-0.3, -0.25) is 0 Å². The van der Waals surface area contributed by atoms with Gasteiger partial charge in [0, 0.05) is 17.8 Å². The molecule has 1 aromatic rings. The van der Waals surface area contributed by atoms with E-state index in [4.69, 9.17) is 0 Å². The predicted octanol–water partition coefficient (Wildman–Crippen LogP) is 3.34. The van der Waals surface area contributed by atoms with E-state index < -0.39 is 0 Å². The van der Waals surface area contributed by atoms with Crippen LogP contribution in [0.3, 0.4) is 0 Å². The SMILES string of the molecule is CCC(CSC)NC1CC(C#N)(c2ccccc2)C1. The zero-order chi connectivity index (χ0) is 13.7. The van der Waals surface area contributed by atoms with E-state index in [0.29, 0.717) is 12.1 Å². The van der Waals surface area contributed by atoms with Crippen LogP contribution in [0.5, 0.6) is 0 Å². The van der Waals surface area contributed by atoms with Crippen LogP contribution in [-0.2, 0) is 5.41 Å². The average Bonchev–Trinajstić information content (AvgIpc) is 2.42. The topological polar surface area (TPSA) is 35.8 Å². The fourth-order valence-electron chi connectivity index (χ4n) is 2.87. The molecular weight excluding hydrogens is 252 g/mol. The van der Waals surface area contributed by atoms with Gasteiger partial charge in [0.2, 0.25) is 0 Å². The second-order valence-corrected chi connectivity index (χ2v) is 6.30. The number of nitriles is 1. The quantitative estimate of drug-likeness (QED) is 0.864. The molecule has 0 heterocycles. The molecule has 1 aliphatic rings. The third-order valence-electron chi connectivity index (χ3n) is 4.06. The molecule has 1 N–H and O–H groups in total. The molecule has 0 amide bonds. The van der Waals surface area contributed by atoms with Crippen LogP contribution in [0.2, 0.25) is 0 Å². The maximum atomic E-state index is 9.52. The van der Waals surface area contributed by atoms with Crippen LogP contribution in [0, 0.1) is 11.3 Å². The zero-order valence-electron chi connectivity index (χ0n) is 11.7. The Labute approximate surface area is 120 Å². The number of nitrogens with zero attached hydrogens (tertiary/aromatic N) is 1. The molecule has 3 heteroatoms. The van der Waals surface area contributed by atoms with Gasteiger partial charge in [-0.2, -0.15) is 17.0 Å². The average molecular weight is 274 g/mol. The van der Waals surface area contributed by atoms with Crippen molar-refractivity contribution in [2.24, 2.45) is 0 Å². The summed E-state index contributed by atoms with van der Waals surface area (Å²) in [6.45, 7) is 2.22. The number of benzene rings is 1. The van der Waals surface area contributed by atoms with Crippen LogP contribution in [0.15, 0.2) is 30.3 Å². The first-order valence-corrected chi connectivity index (χ1v) is 8.35. The first kappa shape index (κ1) is 14.4. The van der Waals surface area contributed by atoms with Gasteiger partial charge >= 0.3 is 0 Å². The van der Waals surface area contributed by atoms with E-state index in [2.05, 4.69) is 36.7 Å². The van der Waals surface area contributed by atoms with Gasteiger partial charge in [-0.05, 0) is 31.1 Å². The Morgan fingerprint density at radius 3 is 2.63 bits per heavy atom. The van der Waals surface area contributed by atoms with Gasteiger partial charge in [0.1, 0.15) is 0 Å². The summed E-state index contributed by atoms with van der Waals surface area (Å²) in [5, 5.41) is 13.2. The highest BCUT2D eigenvalue weighted by Gasteiger charge is 2.46. The van der Waals surface area contributed by atoms with Gasteiger partial charge in [0.15, 0.2) is 0 Å². The Morgan fingerprint density at radius 1 is 1.42 bits per heavy atom. The summed E-state index contributed by atoms with van der Waals surface area (Å²) in [6.07, 6.45) is 5.19. The summed E-state index contributed by atoms with van der Waals surface area (Å²) in [4.78, 5) is 0. The van der Waals surface area contributed by atoms with Gasteiger partial charge in [-0.1, -0.05) is 37.3 Å². The van der Waals surface area contributed by atoms with Crippen molar-refractivity contribution in [3.8, 4) is 6.07 Å². The van der Waals surface area contributed by atoms with Gasteiger partial charge in [-0.25, -0.2) is 0 Å². The summed E-state index contributed by atoms with van der Waals surface area (Å²) in [7, 11) is 0. The molecule has 0 spiro atoms. The molecule has 0 aliphatic heterocycles. The molecule has 0 bridgehead atoms. The van der Waals surface area contributed by atoms with Crippen LogP contribution in [0.4, 0.5) is 0 Å². The molecule has 1 aromatic carbocycles. The van der Waals surface area contributed by atoms with E-state index in [-0.39, 0.29) is 5.41 Å². The first-order chi connectivity index (χ1) is 9.24. The van der Waals surface area contributed by atoms with Crippen LogP contribution >= 0.6 is 11.8 Å². The number of thioether (sulfide) groups is 1. The Bertz CT molecular complexity index is 432. The molecule has 1 aliphatic carbocycles. The van der Waals surface area contributed by atoms with E-state index >= 15 is 0 Å². The third kappa shape index (κ3) is 3.13. The predicted molar refractivity (Wildman–Crippen MR) is 82.4 cm³/mol. The van der Waals surface area contributed by atoms with E-state index in [1.807, 2.05) is 30.0 Å². The molecule has 1 unspecified atom stereocenters. The molecule has 1 saturated carbocycles. The molecule has 2 rings (SSSR count). The van der Waals surface area contributed by atoms with Crippen LogP contribution in [0.25, 0.3) is 0 Å². The lowest BCUT2D eigenvalue weighted by molar-refractivity contribution is 0.212. The van der Waals surface area contributed by atoms with Crippen molar-refractivity contribution in [3.05, 3.63) is 35.9 Å². The minimum atomic E-state index is -0.253. The van der Waals surface area contributed by atoms with E-state index in [1.165, 1.54) is 5.56 Å². The molecule has 0 saturated heterocycles. The minimum absolute atomic E-state index is 0.253. The summed E-state index contributed by atoms with van der Waals surface area (Å²) < 4.78 is 0. The highest BCUT2D eigenvalue weighted by atomic mass is 32.2. The van der Waals surface area contributed by atoms with Gasteiger partial charge in [0.05, 0.1) is 11.5 Å². The van der Waals surface area contributed by atoms with Crippen LogP contribution in [-0.4, -0.2) is 24.1 Å². The molecule has 0 radical (unpaired) electrons. The van der Waals surface area contributed by atoms with Gasteiger partial charge in [-0.15, -0.1) is 0 Å². The Balaban J connectivity index is 1.95. The zero-order valence-corrected chi connectivity index (χ0v) is 12.5. The van der Waals surface area contributed by atoms with Crippen molar-refractivity contribution in [1.82, 2.24) is 5.32 Å². The second-order valence-electron chi connectivity index (χ2n) is 5.39. The molecule has 102 valence electrons. The maximum Gasteiger partial charge on any atom is 0.0852 e. The largest absolute Gasteiger partial charge is 0.310 e. The number of hydrogen-bond acceptors (Lipinski definition) is 3. The Kier molecular flexibility index (Phi) is 4.90. The lowest BCUT2D eigenvalue weighted by Gasteiger charge is -2.44. The summed E-state index contributed by atoms with van der Waals surface area (Å²) in [6, 6.07) is 13.8. The minimum Gasteiger partial charge on any atom is -0.310 e. The summed E-state index contributed by atoms with van der Waals surface area (Å²) in [5.41, 5.74) is 0.921. The molecular formula is C16H22N2S. The van der Waals surface area contributed by atoms with Crippen molar-refractivity contribution in [2.75, 3.05) is 12.0 Å². The fourth-order valence-corrected chi connectivity index (χ4v) is 3.60. The summed E-state index contributed by atoms with van der Waals surface area (Å²) in [5.74, 6) is 1.15. The smallest absolute Gasteiger partial charge is 0.0852 e. The van der Waals surface area contributed by atoms with E-state index in [1.54, 1.807) is 0 Å². The number of hydrogen-bond donors (Lipinski definition) is 1. The van der Waals surface area contributed by atoms with E-state index in [9.17, 15) is 5.26 Å². The molecule has 1 atom stereocenters. The van der Waals surface area contributed by atoms with Gasteiger partial charge < -0.3 is 5.32 Å². The summed E-state index contributed by atoms with van der Waals surface area (Å²) >= 11 is 1.89. The van der Waals surface area contributed by atoms with Crippen molar-refractivity contribution >= 4 is 11.8 Å². The van der Waals surface area contributed by atoms with Crippen molar-refractivity contribution in [1.29, 1.82) is 5.26 Å². The fraction of sp³-hybridized carbons (Fsp3) is 0.562. The maximum absolute atomic E-state index is 9.52. The standard InChI is InChI=1S/C16H22N2S/c1-3-14(11-19-2)18-15-9-16(10-15,12-17)13-7-5-4-6-8-13/h4-8,14-15,18H,3,9-11H2,1-2H3. The Hall–Kier alpha value is -0.980. The van der Waals surface area contributed by atoms with Crippen molar-refractivity contribution in [2.45, 2.75) is 43.7 Å². The number of rotatable bonds is 6. The molecule has 2 nitrogen and oxygen atoms in total.